The van der Waals surface area contributed by atoms with Gasteiger partial charge in [0.15, 0.2) is 0 Å². The van der Waals surface area contributed by atoms with Crippen molar-refractivity contribution in [3.8, 4) is 0 Å². The molecule has 0 aliphatic rings. The first-order valence-electron chi connectivity index (χ1n) is 5.96. The quantitative estimate of drug-likeness (QED) is 0.839. The SMILES string of the molecule is Cc1cc(S(=O)(=O)Nc2ccc(=O)n(C)c2)cc(N)c1Cl. The van der Waals surface area contributed by atoms with Crippen LogP contribution in [0.5, 0.6) is 0 Å². The van der Waals surface area contributed by atoms with Crippen LogP contribution in [0.2, 0.25) is 5.02 Å². The van der Waals surface area contributed by atoms with Crippen LogP contribution < -0.4 is 16.0 Å². The number of benzene rings is 1. The van der Waals surface area contributed by atoms with Crippen LogP contribution in [-0.4, -0.2) is 13.0 Å². The standard InChI is InChI=1S/C13H14ClN3O3S/c1-8-5-10(6-11(15)13(8)14)21(19,20)16-9-3-4-12(18)17(2)7-9/h3-7,16H,15H2,1-2H3. The summed E-state index contributed by atoms with van der Waals surface area (Å²) in [6.45, 7) is 1.67. The first-order valence-corrected chi connectivity index (χ1v) is 7.82. The Morgan fingerprint density at radius 1 is 1.29 bits per heavy atom. The van der Waals surface area contributed by atoms with Crippen molar-refractivity contribution in [2.45, 2.75) is 11.8 Å². The lowest BCUT2D eigenvalue weighted by Gasteiger charge is -2.11. The zero-order chi connectivity index (χ0) is 15.8. The minimum absolute atomic E-state index is 0.00996. The highest BCUT2D eigenvalue weighted by molar-refractivity contribution is 7.92. The van der Waals surface area contributed by atoms with Crippen molar-refractivity contribution in [1.82, 2.24) is 4.57 Å². The Hall–Kier alpha value is -1.99. The van der Waals surface area contributed by atoms with Crippen molar-refractivity contribution in [2.24, 2.45) is 7.05 Å². The fourth-order valence-corrected chi connectivity index (χ4v) is 3.06. The van der Waals surface area contributed by atoms with E-state index in [4.69, 9.17) is 17.3 Å². The number of rotatable bonds is 3. The Balaban J connectivity index is 2.43. The molecule has 0 unspecified atom stereocenters. The number of hydrogen-bond donors (Lipinski definition) is 2. The largest absolute Gasteiger partial charge is 0.397 e. The third kappa shape index (κ3) is 3.20. The second kappa shape index (κ2) is 5.42. The summed E-state index contributed by atoms with van der Waals surface area (Å²) in [5, 5.41) is 0.330. The maximum Gasteiger partial charge on any atom is 0.262 e. The lowest BCUT2D eigenvalue weighted by molar-refractivity contribution is 0.601. The molecule has 0 fully saturated rings. The molecule has 2 rings (SSSR count). The van der Waals surface area contributed by atoms with Gasteiger partial charge in [-0.3, -0.25) is 9.52 Å². The fraction of sp³-hybridized carbons (Fsp3) is 0.154. The minimum atomic E-state index is -3.81. The second-order valence-corrected chi connectivity index (χ2v) is 6.68. The third-order valence-electron chi connectivity index (χ3n) is 2.90. The van der Waals surface area contributed by atoms with Crippen molar-refractivity contribution in [3.05, 3.63) is 51.4 Å². The number of anilines is 2. The van der Waals surface area contributed by atoms with E-state index in [1.807, 2.05) is 0 Å². The van der Waals surface area contributed by atoms with Crippen molar-refractivity contribution in [1.29, 1.82) is 0 Å². The van der Waals surface area contributed by atoms with E-state index in [-0.39, 0.29) is 21.8 Å². The van der Waals surface area contributed by atoms with Crippen LogP contribution in [-0.2, 0) is 17.1 Å². The second-order valence-electron chi connectivity index (χ2n) is 4.62. The Morgan fingerprint density at radius 3 is 2.52 bits per heavy atom. The van der Waals surface area contributed by atoms with Crippen molar-refractivity contribution < 1.29 is 8.42 Å². The molecular formula is C13H14ClN3O3S. The van der Waals surface area contributed by atoms with E-state index in [1.54, 1.807) is 6.92 Å². The predicted octanol–water partition coefficient (Wildman–Crippen LogP) is 1.73. The van der Waals surface area contributed by atoms with Gasteiger partial charge in [0, 0.05) is 19.3 Å². The molecule has 2 aromatic rings. The molecule has 0 atom stereocenters. The summed E-state index contributed by atoms with van der Waals surface area (Å²) >= 11 is 5.92. The van der Waals surface area contributed by atoms with E-state index in [1.165, 1.54) is 42.1 Å². The Morgan fingerprint density at radius 2 is 1.95 bits per heavy atom. The van der Waals surface area contributed by atoms with E-state index >= 15 is 0 Å². The molecule has 0 aliphatic carbocycles. The summed E-state index contributed by atoms with van der Waals surface area (Å²) in [7, 11) is -2.28. The number of aromatic nitrogens is 1. The summed E-state index contributed by atoms with van der Waals surface area (Å²) < 4.78 is 28.3. The normalized spacial score (nSPS) is 11.4. The van der Waals surface area contributed by atoms with Crippen LogP contribution in [0.3, 0.4) is 0 Å². The van der Waals surface area contributed by atoms with Gasteiger partial charge >= 0.3 is 0 Å². The number of nitrogen functional groups attached to an aromatic ring is 1. The number of nitrogens with one attached hydrogen (secondary N) is 1. The molecule has 1 aromatic heterocycles. The van der Waals surface area contributed by atoms with Gasteiger partial charge in [0.25, 0.3) is 10.0 Å². The first-order chi connectivity index (χ1) is 9.70. The van der Waals surface area contributed by atoms with Crippen LogP contribution in [0.4, 0.5) is 11.4 Å². The number of pyridine rings is 1. The van der Waals surface area contributed by atoms with Crippen LogP contribution in [0.1, 0.15) is 5.56 Å². The highest BCUT2D eigenvalue weighted by Crippen LogP contribution is 2.27. The van der Waals surface area contributed by atoms with Crippen LogP contribution >= 0.6 is 11.6 Å². The van der Waals surface area contributed by atoms with Crippen molar-refractivity contribution >= 4 is 33.0 Å². The summed E-state index contributed by atoms with van der Waals surface area (Å²) in [5.41, 5.74) is 6.49. The van der Waals surface area contributed by atoms with E-state index in [2.05, 4.69) is 4.72 Å². The van der Waals surface area contributed by atoms with E-state index < -0.39 is 10.0 Å². The van der Waals surface area contributed by atoms with Crippen LogP contribution in [0.25, 0.3) is 0 Å². The van der Waals surface area contributed by atoms with Crippen molar-refractivity contribution in [3.63, 3.8) is 0 Å². The van der Waals surface area contributed by atoms with Crippen LogP contribution in [0.15, 0.2) is 40.2 Å². The number of nitrogens with zero attached hydrogens (tertiary/aromatic N) is 1. The molecule has 1 aromatic carbocycles. The molecule has 112 valence electrons. The Labute approximate surface area is 127 Å². The van der Waals surface area contributed by atoms with Gasteiger partial charge < -0.3 is 10.3 Å². The van der Waals surface area contributed by atoms with Gasteiger partial charge in [-0.25, -0.2) is 8.42 Å². The van der Waals surface area contributed by atoms with E-state index in [9.17, 15) is 13.2 Å². The van der Waals surface area contributed by atoms with Gasteiger partial charge in [-0.1, -0.05) is 11.6 Å². The number of sulfonamides is 1. The fourth-order valence-electron chi connectivity index (χ4n) is 1.79. The molecule has 6 nitrogen and oxygen atoms in total. The summed E-state index contributed by atoms with van der Waals surface area (Å²) in [4.78, 5) is 11.3. The van der Waals surface area contributed by atoms with Gasteiger partial charge in [-0.05, 0) is 30.7 Å². The van der Waals surface area contributed by atoms with Crippen LogP contribution in [0, 0.1) is 6.92 Å². The highest BCUT2D eigenvalue weighted by Gasteiger charge is 2.17. The number of halogens is 1. The third-order valence-corrected chi connectivity index (χ3v) is 4.78. The van der Waals surface area contributed by atoms with Gasteiger partial charge in [0.2, 0.25) is 5.56 Å². The molecule has 0 aliphatic heterocycles. The van der Waals surface area contributed by atoms with Gasteiger partial charge in [0.1, 0.15) is 0 Å². The minimum Gasteiger partial charge on any atom is -0.397 e. The Bertz CT molecular complexity index is 836. The number of aryl methyl sites for hydroxylation is 2. The van der Waals surface area contributed by atoms with E-state index in [0.29, 0.717) is 10.6 Å². The molecule has 0 radical (unpaired) electrons. The maximum atomic E-state index is 12.3. The average Bonchev–Trinajstić information content (AvgIpc) is 2.39. The smallest absolute Gasteiger partial charge is 0.262 e. The molecule has 1 heterocycles. The number of hydrogen-bond acceptors (Lipinski definition) is 4. The Kier molecular flexibility index (Phi) is 3.97. The molecule has 0 saturated carbocycles. The number of nitrogens with two attached hydrogens (primary N) is 1. The maximum absolute atomic E-state index is 12.3. The topological polar surface area (TPSA) is 94.2 Å². The lowest BCUT2D eigenvalue weighted by atomic mass is 10.2. The van der Waals surface area contributed by atoms with Gasteiger partial charge in [-0.2, -0.15) is 0 Å². The van der Waals surface area contributed by atoms with Gasteiger partial charge in [0.05, 0.1) is 21.3 Å². The average molecular weight is 328 g/mol. The lowest BCUT2D eigenvalue weighted by Crippen LogP contribution is -2.18. The molecule has 0 amide bonds. The molecule has 21 heavy (non-hydrogen) atoms. The molecule has 3 N–H and O–H groups in total. The zero-order valence-electron chi connectivity index (χ0n) is 11.4. The molecular weight excluding hydrogens is 314 g/mol. The van der Waals surface area contributed by atoms with Gasteiger partial charge in [-0.15, -0.1) is 0 Å². The summed E-state index contributed by atoms with van der Waals surface area (Å²) in [6.07, 6.45) is 1.39. The molecule has 0 spiro atoms. The summed E-state index contributed by atoms with van der Waals surface area (Å²) in [6, 6.07) is 5.40. The molecule has 0 bridgehead atoms. The predicted molar refractivity (Wildman–Crippen MR) is 83.1 cm³/mol. The summed E-state index contributed by atoms with van der Waals surface area (Å²) in [5.74, 6) is 0. The molecule has 0 saturated heterocycles. The van der Waals surface area contributed by atoms with Crippen molar-refractivity contribution in [2.75, 3.05) is 10.5 Å². The monoisotopic (exact) mass is 327 g/mol. The molecule has 8 heteroatoms. The first kappa shape index (κ1) is 15.4. The van der Waals surface area contributed by atoms with E-state index in [0.717, 1.165) is 0 Å². The zero-order valence-corrected chi connectivity index (χ0v) is 13.0. The highest BCUT2D eigenvalue weighted by atomic mass is 35.5.